The lowest BCUT2D eigenvalue weighted by Crippen LogP contribution is -2.54. The van der Waals surface area contributed by atoms with E-state index >= 15 is 0 Å². The van der Waals surface area contributed by atoms with E-state index < -0.39 is 16.7 Å². The molecule has 0 radical (unpaired) electrons. The van der Waals surface area contributed by atoms with Crippen molar-refractivity contribution in [1.29, 1.82) is 0 Å². The molecular formula is C24H13BrCl3N3O5S. The molecule has 0 bridgehead atoms. The second-order valence-corrected chi connectivity index (χ2v) is 9.99. The van der Waals surface area contributed by atoms with Gasteiger partial charge in [0.2, 0.25) is 0 Å². The van der Waals surface area contributed by atoms with E-state index in [4.69, 9.17) is 51.8 Å². The number of halogens is 4. The SMILES string of the molecule is O=C1NC(=S)N(c2cccc(Cl)c2Cl)C(=O)/C1=C/c1cc(Cl)c(OCc2cccc([N+](=O)[O-])c2)c(Br)c1. The highest BCUT2D eigenvalue weighted by molar-refractivity contribution is 9.10. The van der Waals surface area contributed by atoms with Gasteiger partial charge in [-0.3, -0.25) is 29.9 Å². The zero-order valence-corrected chi connectivity index (χ0v) is 23.0. The Kier molecular flexibility index (Phi) is 8.15. The molecule has 1 saturated heterocycles. The molecule has 0 unspecified atom stereocenters. The van der Waals surface area contributed by atoms with Gasteiger partial charge in [0, 0.05) is 12.1 Å². The number of hydrogen-bond acceptors (Lipinski definition) is 6. The molecule has 4 rings (SSSR count). The Balaban J connectivity index is 1.61. The van der Waals surface area contributed by atoms with Crippen molar-refractivity contribution >= 4 is 97.3 Å². The zero-order valence-electron chi connectivity index (χ0n) is 18.3. The summed E-state index contributed by atoms with van der Waals surface area (Å²) in [5.74, 6) is -1.11. The molecule has 0 atom stereocenters. The molecule has 3 aromatic rings. The van der Waals surface area contributed by atoms with E-state index in [2.05, 4.69) is 21.2 Å². The van der Waals surface area contributed by atoms with Crippen LogP contribution in [0.25, 0.3) is 6.08 Å². The molecular weight excluding hydrogens is 629 g/mol. The van der Waals surface area contributed by atoms with Crippen LogP contribution >= 0.6 is 63.0 Å². The number of nitrogens with zero attached hydrogens (tertiary/aromatic N) is 2. The first-order valence-corrected chi connectivity index (χ1v) is 12.6. The third-order valence-corrected chi connectivity index (χ3v) is 7.07. The highest BCUT2D eigenvalue weighted by Crippen LogP contribution is 2.37. The van der Waals surface area contributed by atoms with Gasteiger partial charge in [0.15, 0.2) is 10.9 Å². The maximum Gasteiger partial charge on any atom is 0.270 e. The van der Waals surface area contributed by atoms with Crippen molar-refractivity contribution in [2.75, 3.05) is 4.90 Å². The van der Waals surface area contributed by atoms with E-state index in [1.54, 1.807) is 36.4 Å². The summed E-state index contributed by atoms with van der Waals surface area (Å²) in [5.41, 5.74) is 0.944. The average molecular weight is 642 g/mol. The number of benzene rings is 3. The Morgan fingerprint density at radius 3 is 2.51 bits per heavy atom. The maximum atomic E-state index is 13.3. The summed E-state index contributed by atoms with van der Waals surface area (Å²) in [6, 6.07) is 13.8. The van der Waals surface area contributed by atoms with Gasteiger partial charge in [-0.25, -0.2) is 0 Å². The smallest absolute Gasteiger partial charge is 0.270 e. The molecule has 0 saturated carbocycles. The van der Waals surface area contributed by atoms with Gasteiger partial charge in [0.05, 0.1) is 30.2 Å². The number of carbonyl (C=O) groups is 2. The predicted octanol–water partition coefficient (Wildman–Crippen LogP) is 6.73. The number of thiocarbonyl (C=S) groups is 1. The topological polar surface area (TPSA) is 102 Å². The van der Waals surface area contributed by atoms with Crippen LogP contribution in [0, 0.1) is 10.1 Å². The van der Waals surface area contributed by atoms with E-state index in [1.807, 2.05) is 0 Å². The average Bonchev–Trinajstić information content (AvgIpc) is 2.84. The lowest BCUT2D eigenvalue weighted by molar-refractivity contribution is -0.384. The van der Waals surface area contributed by atoms with Crippen molar-refractivity contribution in [3.05, 3.63) is 101 Å². The minimum Gasteiger partial charge on any atom is -0.486 e. The predicted molar refractivity (Wildman–Crippen MR) is 149 cm³/mol. The summed E-state index contributed by atoms with van der Waals surface area (Å²) in [7, 11) is 0. The van der Waals surface area contributed by atoms with Crippen LogP contribution in [0.2, 0.25) is 15.1 Å². The van der Waals surface area contributed by atoms with Gasteiger partial charge < -0.3 is 4.74 Å². The summed E-state index contributed by atoms with van der Waals surface area (Å²) in [6.45, 7) is 0.0220. The Morgan fingerprint density at radius 2 is 1.81 bits per heavy atom. The van der Waals surface area contributed by atoms with Crippen LogP contribution < -0.4 is 15.0 Å². The highest BCUT2D eigenvalue weighted by atomic mass is 79.9. The van der Waals surface area contributed by atoms with Crippen LogP contribution in [-0.2, 0) is 16.2 Å². The molecule has 13 heteroatoms. The number of hydrogen-bond donors (Lipinski definition) is 1. The standard InChI is InChI=1S/C24H13BrCl3N3O5S/c25-16-9-13(10-18(27)21(16)36-11-12-3-1-4-14(7-12)31(34)35)8-15-22(32)29-24(37)30(23(15)33)19-6-2-5-17(26)20(19)28/h1-10H,11H2,(H,29,32,37)/b15-8+. The summed E-state index contributed by atoms with van der Waals surface area (Å²) in [4.78, 5) is 37.5. The number of nitro benzene ring substituents is 1. The van der Waals surface area contributed by atoms with Gasteiger partial charge in [-0.15, -0.1) is 0 Å². The molecule has 1 fully saturated rings. The van der Waals surface area contributed by atoms with E-state index in [1.165, 1.54) is 24.3 Å². The van der Waals surface area contributed by atoms with Crippen LogP contribution in [-0.4, -0.2) is 21.9 Å². The number of anilines is 1. The van der Waals surface area contributed by atoms with Crippen molar-refractivity contribution < 1.29 is 19.2 Å². The molecule has 1 heterocycles. The van der Waals surface area contributed by atoms with E-state index in [0.717, 1.165) is 4.90 Å². The zero-order chi connectivity index (χ0) is 26.9. The van der Waals surface area contributed by atoms with Crippen molar-refractivity contribution in [3.8, 4) is 5.75 Å². The van der Waals surface area contributed by atoms with Gasteiger partial charge in [-0.05, 0) is 69.6 Å². The van der Waals surface area contributed by atoms with Gasteiger partial charge in [-0.1, -0.05) is 53.0 Å². The summed E-state index contributed by atoms with van der Waals surface area (Å²) < 4.78 is 6.20. The molecule has 188 valence electrons. The van der Waals surface area contributed by atoms with Crippen molar-refractivity contribution in [3.63, 3.8) is 0 Å². The van der Waals surface area contributed by atoms with Crippen molar-refractivity contribution in [2.45, 2.75) is 6.61 Å². The minimum absolute atomic E-state index is 0.0220. The normalized spacial score (nSPS) is 14.6. The second kappa shape index (κ2) is 11.2. The monoisotopic (exact) mass is 639 g/mol. The minimum atomic E-state index is -0.698. The Bertz CT molecular complexity index is 1490. The van der Waals surface area contributed by atoms with E-state index in [9.17, 15) is 19.7 Å². The number of ether oxygens (including phenoxy) is 1. The van der Waals surface area contributed by atoms with E-state index in [0.29, 0.717) is 15.6 Å². The third-order valence-electron chi connectivity index (χ3n) is 5.11. The highest BCUT2D eigenvalue weighted by Gasteiger charge is 2.35. The second-order valence-electron chi connectivity index (χ2n) is 7.56. The first-order valence-electron chi connectivity index (χ1n) is 10.3. The van der Waals surface area contributed by atoms with Crippen LogP contribution in [0.15, 0.2) is 64.6 Å². The van der Waals surface area contributed by atoms with Crippen LogP contribution in [0.4, 0.5) is 11.4 Å². The lowest BCUT2D eigenvalue weighted by atomic mass is 10.1. The number of nitro groups is 1. The molecule has 1 aliphatic heterocycles. The van der Waals surface area contributed by atoms with Crippen molar-refractivity contribution in [2.24, 2.45) is 0 Å². The first kappa shape index (κ1) is 27.0. The van der Waals surface area contributed by atoms with Crippen LogP contribution in [0.3, 0.4) is 0 Å². The summed E-state index contributed by atoms with van der Waals surface area (Å²) in [5, 5.41) is 13.8. The fourth-order valence-electron chi connectivity index (χ4n) is 3.42. The van der Waals surface area contributed by atoms with Gasteiger partial charge >= 0.3 is 0 Å². The molecule has 1 aliphatic rings. The van der Waals surface area contributed by atoms with Crippen LogP contribution in [0.5, 0.6) is 5.75 Å². The van der Waals surface area contributed by atoms with Gasteiger partial charge in [0.1, 0.15) is 12.2 Å². The largest absolute Gasteiger partial charge is 0.486 e. The number of carbonyl (C=O) groups excluding carboxylic acids is 2. The quantitative estimate of drug-likeness (QED) is 0.105. The molecule has 1 N–H and O–H groups in total. The number of rotatable bonds is 6. The molecule has 0 aromatic heterocycles. The third kappa shape index (κ3) is 5.78. The Hall–Kier alpha value is -3.02. The summed E-state index contributed by atoms with van der Waals surface area (Å²) in [6.07, 6.45) is 1.35. The van der Waals surface area contributed by atoms with Gasteiger partial charge in [0.25, 0.3) is 17.5 Å². The maximum absolute atomic E-state index is 13.3. The molecule has 2 amide bonds. The molecule has 0 aliphatic carbocycles. The Labute approximate surface area is 239 Å². The fourth-order valence-corrected chi connectivity index (χ4v) is 5.07. The van der Waals surface area contributed by atoms with Crippen LogP contribution in [0.1, 0.15) is 11.1 Å². The molecule has 37 heavy (non-hydrogen) atoms. The van der Waals surface area contributed by atoms with E-state index in [-0.39, 0.29) is 49.5 Å². The number of amides is 2. The number of nitrogens with one attached hydrogen (secondary N) is 1. The summed E-state index contributed by atoms with van der Waals surface area (Å²) >= 11 is 27.4. The van der Waals surface area contributed by atoms with Gasteiger partial charge in [-0.2, -0.15) is 0 Å². The fraction of sp³-hybridized carbons (Fsp3) is 0.0417. The molecule has 8 nitrogen and oxygen atoms in total. The van der Waals surface area contributed by atoms with Crippen molar-refractivity contribution in [1.82, 2.24) is 5.32 Å². The molecule has 3 aromatic carbocycles. The number of non-ortho nitro benzene ring substituents is 1. The Morgan fingerprint density at radius 1 is 1.08 bits per heavy atom. The molecule has 0 spiro atoms. The lowest BCUT2D eigenvalue weighted by Gasteiger charge is -2.29. The first-order chi connectivity index (χ1) is 17.6.